The van der Waals surface area contributed by atoms with Crippen molar-refractivity contribution in [1.82, 2.24) is 9.88 Å². The van der Waals surface area contributed by atoms with Crippen molar-refractivity contribution in [2.24, 2.45) is 0 Å². The number of carbonyl (C=O) groups is 2. The third-order valence-electron chi connectivity index (χ3n) is 4.70. The van der Waals surface area contributed by atoms with E-state index in [2.05, 4.69) is 4.98 Å². The van der Waals surface area contributed by atoms with E-state index in [0.29, 0.717) is 18.7 Å². The topological polar surface area (TPSA) is 73.7 Å². The molecule has 1 aromatic carbocycles. The molecule has 3 rings (SSSR count). The number of aromatic carboxylic acids is 1. The summed E-state index contributed by atoms with van der Waals surface area (Å²) in [5.74, 6) is -1.19. The van der Waals surface area contributed by atoms with Crippen LogP contribution in [0.1, 0.15) is 40.9 Å². The summed E-state index contributed by atoms with van der Waals surface area (Å²) in [6.07, 6.45) is -1.95. The predicted octanol–water partition coefficient (Wildman–Crippen LogP) is 4.41. The van der Waals surface area contributed by atoms with Crippen LogP contribution in [0, 0.1) is 0 Å². The van der Waals surface area contributed by atoms with Gasteiger partial charge in [0.1, 0.15) is 11.5 Å². The molecule has 154 valence electrons. The van der Waals surface area contributed by atoms with Gasteiger partial charge < -0.3 is 10.0 Å². The predicted molar refractivity (Wildman–Crippen MR) is 99.6 cm³/mol. The first-order valence-electron chi connectivity index (χ1n) is 9.18. The SMILES string of the molecule is O=C(O)c1ccc(CN(C(=O)N2CCCCC2)c2cccc(C(F)(F)F)n2)cc1. The van der Waals surface area contributed by atoms with E-state index >= 15 is 0 Å². The molecule has 0 radical (unpaired) electrons. The Hall–Kier alpha value is -3.10. The number of rotatable bonds is 4. The number of hydrogen-bond donors (Lipinski definition) is 1. The Kier molecular flexibility index (Phi) is 6.05. The third kappa shape index (κ3) is 5.04. The summed E-state index contributed by atoms with van der Waals surface area (Å²) in [5.41, 5.74) is -0.410. The summed E-state index contributed by atoms with van der Waals surface area (Å²) in [5, 5.41) is 9.01. The van der Waals surface area contributed by atoms with Crippen LogP contribution in [-0.2, 0) is 12.7 Å². The van der Waals surface area contributed by atoms with Gasteiger partial charge >= 0.3 is 18.2 Å². The number of urea groups is 1. The van der Waals surface area contributed by atoms with Crippen molar-refractivity contribution in [2.45, 2.75) is 32.0 Å². The number of anilines is 1. The van der Waals surface area contributed by atoms with Crippen LogP contribution in [0.5, 0.6) is 0 Å². The minimum Gasteiger partial charge on any atom is -0.478 e. The summed E-state index contributed by atoms with van der Waals surface area (Å²) < 4.78 is 39.3. The minimum absolute atomic E-state index is 0.0243. The van der Waals surface area contributed by atoms with Crippen LogP contribution in [0.2, 0.25) is 0 Å². The van der Waals surface area contributed by atoms with Crippen molar-refractivity contribution < 1.29 is 27.9 Å². The van der Waals surface area contributed by atoms with Gasteiger partial charge in [-0.1, -0.05) is 18.2 Å². The van der Waals surface area contributed by atoms with E-state index in [-0.39, 0.29) is 17.9 Å². The second kappa shape index (κ2) is 8.50. The number of nitrogens with zero attached hydrogens (tertiary/aromatic N) is 3. The van der Waals surface area contributed by atoms with Crippen LogP contribution in [0.4, 0.5) is 23.8 Å². The quantitative estimate of drug-likeness (QED) is 0.815. The lowest BCUT2D eigenvalue weighted by Gasteiger charge is -2.32. The third-order valence-corrected chi connectivity index (χ3v) is 4.70. The highest BCUT2D eigenvalue weighted by Gasteiger charge is 2.34. The maximum Gasteiger partial charge on any atom is 0.433 e. The molecule has 1 aliphatic rings. The standard InChI is InChI=1S/C20H20F3N3O3/c21-20(22,23)16-5-4-6-17(24-16)26(19(29)25-11-2-1-3-12-25)13-14-7-9-15(10-8-14)18(27)28/h4-10H,1-3,11-13H2,(H,27,28). The normalized spacial score (nSPS) is 14.5. The Morgan fingerprint density at radius 1 is 1.03 bits per heavy atom. The van der Waals surface area contributed by atoms with Gasteiger partial charge in [0.05, 0.1) is 12.1 Å². The second-order valence-corrected chi connectivity index (χ2v) is 6.80. The van der Waals surface area contributed by atoms with Gasteiger partial charge in [0.2, 0.25) is 0 Å². The van der Waals surface area contributed by atoms with Gasteiger partial charge in [0.15, 0.2) is 0 Å². The summed E-state index contributed by atoms with van der Waals surface area (Å²) >= 11 is 0. The van der Waals surface area contributed by atoms with Crippen LogP contribution >= 0.6 is 0 Å². The lowest BCUT2D eigenvalue weighted by Crippen LogP contribution is -2.45. The van der Waals surface area contributed by atoms with E-state index in [1.54, 1.807) is 4.90 Å². The van der Waals surface area contributed by atoms with Crippen molar-refractivity contribution in [3.63, 3.8) is 0 Å². The van der Waals surface area contributed by atoms with Crippen LogP contribution in [0.3, 0.4) is 0 Å². The van der Waals surface area contributed by atoms with E-state index in [0.717, 1.165) is 25.3 Å². The highest BCUT2D eigenvalue weighted by Crippen LogP contribution is 2.29. The van der Waals surface area contributed by atoms with Crippen LogP contribution < -0.4 is 4.90 Å². The average molecular weight is 407 g/mol. The fourth-order valence-corrected chi connectivity index (χ4v) is 3.17. The highest BCUT2D eigenvalue weighted by atomic mass is 19.4. The number of likely N-dealkylation sites (tertiary alicyclic amines) is 1. The minimum atomic E-state index is -4.63. The molecule has 9 heteroatoms. The van der Waals surface area contributed by atoms with E-state index < -0.39 is 23.9 Å². The van der Waals surface area contributed by atoms with Crippen molar-refractivity contribution in [2.75, 3.05) is 18.0 Å². The Labute approximate surface area is 165 Å². The monoisotopic (exact) mass is 407 g/mol. The van der Waals surface area contributed by atoms with E-state index in [4.69, 9.17) is 5.11 Å². The first kappa shape index (κ1) is 20.6. The van der Waals surface area contributed by atoms with Crippen LogP contribution in [-0.4, -0.2) is 40.1 Å². The summed E-state index contributed by atoms with van der Waals surface area (Å²) in [6.45, 7) is 1.04. The van der Waals surface area contributed by atoms with Gasteiger partial charge in [-0.3, -0.25) is 4.90 Å². The van der Waals surface area contributed by atoms with Crippen molar-refractivity contribution in [1.29, 1.82) is 0 Å². The fraction of sp³-hybridized carbons (Fsp3) is 0.350. The largest absolute Gasteiger partial charge is 0.478 e. The lowest BCUT2D eigenvalue weighted by atomic mass is 10.1. The van der Waals surface area contributed by atoms with Gasteiger partial charge in [-0.05, 0) is 49.1 Å². The number of halogens is 3. The van der Waals surface area contributed by atoms with Gasteiger partial charge in [0.25, 0.3) is 0 Å². The molecule has 2 aromatic rings. The molecular formula is C20H20F3N3O3. The first-order valence-corrected chi connectivity index (χ1v) is 9.18. The van der Waals surface area contributed by atoms with Gasteiger partial charge in [-0.2, -0.15) is 13.2 Å². The zero-order chi connectivity index (χ0) is 21.0. The average Bonchev–Trinajstić information content (AvgIpc) is 2.72. The second-order valence-electron chi connectivity index (χ2n) is 6.80. The number of amides is 2. The first-order chi connectivity index (χ1) is 13.8. The molecule has 0 saturated carbocycles. The number of hydrogen-bond acceptors (Lipinski definition) is 3. The van der Waals surface area contributed by atoms with E-state index in [1.807, 2.05) is 0 Å². The van der Waals surface area contributed by atoms with Gasteiger partial charge in [-0.15, -0.1) is 0 Å². The molecule has 2 heterocycles. The molecule has 1 aliphatic heterocycles. The Balaban J connectivity index is 1.93. The molecule has 0 spiro atoms. The number of carboxylic acid groups (broad SMARTS) is 1. The molecular weight excluding hydrogens is 387 g/mol. The zero-order valence-corrected chi connectivity index (χ0v) is 15.5. The zero-order valence-electron chi connectivity index (χ0n) is 15.5. The number of aromatic nitrogens is 1. The summed E-state index contributed by atoms with van der Waals surface area (Å²) in [6, 6.07) is 8.87. The van der Waals surface area contributed by atoms with Crippen molar-refractivity contribution >= 4 is 17.8 Å². The maximum atomic E-state index is 13.1. The Morgan fingerprint density at radius 3 is 2.28 bits per heavy atom. The molecule has 0 unspecified atom stereocenters. The van der Waals surface area contributed by atoms with Crippen molar-refractivity contribution in [3.8, 4) is 0 Å². The fourth-order valence-electron chi connectivity index (χ4n) is 3.17. The molecule has 29 heavy (non-hydrogen) atoms. The Morgan fingerprint density at radius 2 is 1.69 bits per heavy atom. The Bertz CT molecular complexity index is 879. The summed E-state index contributed by atoms with van der Waals surface area (Å²) in [7, 11) is 0. The van der Waals surface area contributed by atoms with Gasteiger partial charge in [-0.25, -0.2) is 14.6 Å². The number of carboxylic acids is 1. The maximum absolute atomic E-state index is 13.1. The van der Waals surface area contributed by atoms with Crippen LogP contribution in [0.25, 0.3) is 0 Å². The molecule has 1 aromatic heterocycles. The molecule has 1 fully saturated rings. The lowest BCUT2D eigenvalue weighted by molar-refractivity contribution is -0.141. The molecule has 2 amide bonds. The van der Waals surface area contributed by atoms with Gasteiger partial charge in [0, 0.05) is 13.1 Å². The number of carbonyl (C=O) groups excluding carboxylic acids is 1. The molecule has 0 aliphatic carbocycles. The number of pyridine rings is 1. The molecule has 1 saturated heterocycles. The number of piperidine rings is 1. The molecule has 0 bridgehead atoms. The smallest absolute Gasteiger partial charge is 0.433 e. The van der Waals surface area contributed by atoms with Crippen molar-refractivity contribution in [3.05, 3.63) is 59.3 Å². The van der Waals surface area contributed by atoms with Crippen LogP contribution in [0.15, 0.2) is 42.5 Å². The molecule has 6 nitrogen and oxygen atoms in total. The van der Waals surface area contributed by atoms with E-state index in [1.165, 1.54) is 41.3 Å². The van der Waals surface area contributed by atoms with E-state index in [9.17, 15) is 22.8 Å². The highest BCUT2D eigenvalue weighted by molar-refractivity contribution is 5.91. The number of benzene rings is 1. The summed E-state index contributed by atoms with van der Waals surface area (Å²) in [4.78, 5) is 30.6. The number of alkyl halides is 3. The molecule has 0 atom stereocenters. The molecule has 1 N–H and O–H groups in total.